The number of carbonyl (C=O) groups is 1. The van der Waals surface area contributed by atoms with Gasteiger partial charge < -0.3 is 9.84 Å². The summed E-state index contributed by atoms with van der Waals surface area (Å²) >= 11 is 0. The molecule has 0 spiro atoms. The minimum Gasteiger partial charge on any atom is -0.479 e. The molecule has 1 rings (SSSR count). The molecule has 94 valence electrons. The van der Waals surface area contributed by atoms with Crippen LogP contribution in [0.4, 0.5) is 0 Å². The number of rotatable bonds is 5. The Labute approximate surface area is 98.2 Å². The highest BCUT2D eigenvalue weighted by Crippen LogP contribution is 2.30. The molecule has 1 aliphatic rings. The van der Waals surface area contributed by atoms with E-state index in [1.54, 1.807) is 6.92 Å². The zero-order valence-corrected chi connectivity index (χ0v) is 10.7. The van der Waals surface area contributed by atoms with Crippen molar-refractivity contribution in [3.8, 4) is 0 Å². The fourth-order valence-electron chi connectivity index (χ4n) is 2.55. The smallest absolute Gasteiger partial charge is 0.335 e. The van der Waals surface area contributed by atoms with E-state index in [4.69, 9.17) is 4.74 Å². The Morgan fingerprint density at radius 3 is 2.69 bits per heavy atom. The molecule has 0 saturated heterocycles. The minimum absolute atomic E-state index is 0.136. The molecule has 3 atom stereocenters. The number of carboxylic acid groups (broad SMARTS) is 1. The molecule has 0 amide bonds. The summed E-state index contributed by atoms with van der Waals surface area (Å²) in [5, 5.41) is 9.24. The Morgan fingerprint density at radius 2 is 2.19 bits per heavy atom. The van der Waals surface area contributed by atoms with Gasteiger partial charge in [-0.25, -0.2) is 4.79 Å². The topological polar surface area (TPSA) is 46.5 Å². The molecule has 0 bridgehead atoms. The van der Waals surface area contributed by atoms with E-state index < -0.39 is 11.6 Å². The second kappa shape index (κ2) is 5.67. The van der Waals surface area contributed by atoms with Gasteiger partial charge in [0.1, 0.15) is 0 Å². The maximum absolute atomic E-state index is 11.2. The van der Waals surface area contributed by atoms with Gasteiger partial charge in [0.2, 0.25) is 0 Å². The molecule has 3 unspecified atom stereocenters. The molecular formula is C13H24O3. The lowest BCUT2D eigenvalue weighted by Gasteiger charge is -2.34. The van der Waals surface area contributed by atoms with E-state index in [9.17, 15) is 9.90 Å². The average molecular weight is 228 g/mol. The highest BCUT2D eigenvalue weighted by molar-refractivity contribution is 5.76. The van der Waals surface area contributed by atoms with Crippen LogP contribution in [-0.4, -0.2) is 22.8 Å². The van der Waals surface area contributed by atoms with Crippen molar-refractivity contribution >= 4 is 5.97 Å². The third-order valence-corrected chi connectivity index (χ3v) is 3.49. The van der Waals surface area contributed by atoms with Gasteiger partial charge in [0.25, 0.3) is 0 Å². The lowest BCUT2D eigenvalue weighted by atomic mass is 9.88. The van der Waals surface area contributed by atoms with Crippen molar-refractivity contribution < 1.29 is 14.6 Å². The number of carboxylic acids is 1. The third-order valence-electron chi connectivity index (χ3n) is 3.49. The van der Waals surface area contributed by atoms with Crippen LogP contribution < -0.4 is 0 Å². The van der Waals surface area contributed by atoms with Crippen LogP contribution in [0.25, 0.3) is 0 Å². The zero-order valence-electron chi connectivity index (χ0n) is 10.7. The van der Waals surface area contributed by atoms with Gasteiger partial charge in [0, 0.05) is 0 Å². The van der Waals surface area contributed by atoms with Crippen molar-refractivity contribution in [1.82, 2.24) is 0 Å². The van der Waals surface area contributed by atoms with Crippen LogP contribution in [0.3, 0.4) is 0 Å². The van der Waals surface area contributed by atoms with Crippen molar-refractivity contribution in [3.05, 3.63) is 0 Å². The molecule has 0 aromatic rings. The maximum Gasteiger partial charge on any atom is 0.335 e. The Balaban J connectivity index is 2.57. The molecule has 1 saturated carbocycles. The zero-order chi connectivity index (χ0) is 12.2. The molecule has 0 aromatic heterocycles. The van der Waals surface area contributed by atoms with E-state index in [0.29, 0.717) is 12.3 Å². The summed E-state index contributed by atoms with van der Waals surface area (Å²) < 4.78 is 5.85. The Bertz CT molecular complexity index is 239. The number of hydrogen-bond donors (Lipinski definition) is 1. The molecule has 0 aliphatic heterocycles. The van der Waals surface area contributed by atoms with Crippen LogP contribution in [0.15, 0.2) is 0 Å². The summed E-state index contributed by atoms with van der Waals surface area (Å²) in [7, 11) is 0. The minimum atomic E-state index is -0.990. The maximum atomic E-state index is 11.2. The van der Waals surface area contributed by atoms with Crippen molar-refractivity contribution in [2.24, 2.45) is 5.92 Å². The van der Waals surface area contributed by atoms with E-state index in [1.165, 1.54) is 6.42 Å². The first-order chi connectivity index (χ1) is 7.48. The fraction of sp³-hybridized carbons (Fsp3) is 0.923. The summed E-state index contributed by atoms with van der Waals surface area (Å²) in [6.45, 7) is 5.92. The third kappa shape index (κ3) is 3.48. The predicted octanol–water partition coefficient (Wildman–Crippen LogP) is 3.23. The van der Waals surface area contributed by atoms with E-state index in [1.807, 2.05) is 6.92 Å². The summed E-state index contributed by atoms with van der Waals surface area (Å²) in [5.74, 6) is -0.161. The summed E-state index contributed by atoms with van der Waals surface area (Å²) in [6, 6.07) is 0. The summed E-state index contributed by atoms with van der Waals surface area (Å²) in [4.78, 5) is 11.2. The van der Waals surface area contributed by atoms with Gasteiger partial charge >= 0.3 is 5.97 Å². The van der Waals surface area contributed by atoms with Crippen LogP contribution >= 0.6 is 0 Å². The van der Waals surface area contributed by atoms with Crippen LogP contribution in [0, 0.1) is 5.92 Å². The Morgan fingerprint density at radius 1 is 1.50 bits per heavy atom. The van der Waals surface area contributed by atoms with Crippen LogP contribution in [0.5, 0.6) is 0 Å². The normalized spacial score (nSPS) is 29.7. The Hall–Kier alpha value is -0.570. The van der Waals surface area contributed by atoms with Crippen molar-refractivity contribution in [2.75, 3.05) is 0 Å². The molecular weight excluding hydrogens is 204 g/mol. The fourth-order valence-corrected chi connectivity index (χ4v) is 2.55. The molecule has 0 heterocycles. The number of hydrogen-bond acceptors (Lipinski definition) is 2. The molecule has 1 fully saturated rings. The van der Waals surface area contributed by atoms with Gasteiger partial charge in [0.15, 0.2) is 5.60 Å². The lowest BCUT2D eigenvalue weighted by Crippen LogP contribution is -2.42. The molecule has 0 aromatic carbocycles. The predicted molar refractivity (Wildman–Crippen MR) is 63.5 cm³/mol. The number of ether oxygens (including phenoxy) is 1. The highest BCUT2D eigenvalue weighted by atomic mass is 16.5. The first kappa shape index (κ1) is 13.5. The van der Waals surface area contributed by atoms with Gasteiger partial charge in [-0.1, -0.05) is 33.1 Å². The monoisotopic (exact) mass is 228 g/mol. The molecule has 1 aliphatic carbocycles. The van der Waals surface area contributed by atoms with Crippen molar-refractivity contribution in [3.63, 3.8) is 0 Å². The molecule has 0 radical (unpaired) electrons. The van der Waals surface area contributed by atoms with Crippen LogP contribution in [0.2, 0.25) is 0 Å². The van der Waals surface area contributed by atoms with E-state index in [0.717, 1.165) is 25.7 Å². The quantitative estimate of drug-likeness (QED) is 0.785. The molecule has 16 heavy (non-hydrogen) atoms. The van der Waals surface area contributed by atoms with Gasteiger partial charge in [-0.15, -0.1) is 0 Å². The van der Waals surface area contributed by atoms with E-state index >= 15 is 0 Å². The van der Waals surface area contributed by atoms with Gasteiger partial charge in [-0.2, -0.15) is 0 Å². The first-order valence-electron chi connectivity index (χ1n) is 6.39. The molecule has 3 heteroatoms. The molecule has 1 N–H and O–H groups in total. The molecule has 3 nitrogen and oxygen atoms in total. The largest absolute Gasteiger partial charge is 0.479 e. The highest BCUT2D eigenvalue weighted by Gasteiger charge is 2.36. The average Bonchev–Trinajstić information content (AvgIpc) is 2.17. The SMILES string of the molecule is CCCC(C)(OC1CCCC(C)C1)C(=O)O. The van der Waals surface area contributed by atoms with Gasteiger partial charge in [0.05, 0.1) is 6.10 Å². The second-order valence-corrected chi connectivity index (χ2v) is 5.30. The van der Waals surface area contributed by atoms with Gasteiger partial charge in [-0.3, -0.25) is 0 Å². The first-order valence-corrected chi connectivity index (χ1v) is 6.39. The van der Waals surface area contributed by atoms with Crippen LogP contribution in [0.1, 0.15) is 59.3 Å². The second-order valence-electron chi connectivity index (χ2n) is 5.30. The van der Waals surface area contributed by atoms with E-state index in [-0.39, 0.29) is 6.10 Å². The van der Waals surface area contributed by atoms with E-state index in [2.05, 4.69) is 6.92 Å². The summed E-state index contributed by atoms with van der Waals surface area (Å²) in [5.41, 5.74) is -0.990. The van der Waals surface area contributed by atoms with Crippen molar-refractivity contribution in [1.29, 1.82) is 0 Å². The van der Waals surface area contributed by atoms with Gasteiger partial charge in [-0.05, 0) is 32.1 Å². The van der Waals surface area contributed by atoms with Crippen molar-refractivity contribution in [2.45, 2.75) is 71.0 Å². The Kier molecular flexibility index (Phi) is 4.78. The number of aliphatic carboxylic acids is 1. The lowest BCUT2D eigenvalue weighted by molar-refractivity contribution is -0.175. The van der Waals surface area contributed by atoms with Crippen LogP contribution in [-0.2, 0) is 9.53 Å². The summed E-state index contributed by atoms with van der Waals surface area (Å²) in [6.07, 6.45) is 5.99. The standard InChI is InChI=1S/C13H24O3/c1-4-8-13(3,12(14)15)16-11-7-5-6-10(2)9-11/h10-11H,4-9H2,1-3H3,(H,14,15).